The van der Waals surface area contributed by atoms with Crippen LogP contribution in [0.3, 0.4) is 0 Å². The van der Waals surface area contributed by atoms with Crippen molar-refractivity contribution in [1.82, 2.24) is 16.0 Å². The van der Waals surface area contributed by atoms with Crippen molar-refractivity contribution in [2.75, 3.05) is 18.1 Å². The number of rotatable bonds is 7. The quantitative estimate of drug-likeness (QED) is 0.505. The van der Waals surface area contributed by atoms with Crippen LogP contribution in [0, 0.1) is 5.92 Å². The average Bonchev–Trinajstić information content (AvgIpc) is 3.09. The number of hydrazone groups is 1. The van der Waals surface area contributed by atoms with E-state index in [1.165, 1.54) is 0 Å². The number of amidine groups is 1. The van der Waals surface area contributed by atoms with Crippen LogP contribution in [0.25, 0.3) is 0 Å². The summed E-state index contributed by atoms with van der Waals surface area (Å²) >= 11 is 0. The summed E-state index contributed by atoms with van der Waals surface area (Å²) in [7, 11) is 0. The number of hydrogen-bond acceptors (Lipinski definition) is 6. The summed E-state index contributed by atoms with van der Waals surface area (Å²) < 4.78 is 0. The van der Waals surface area contributed by atoms with Crippen LogP contribution in [0.1, 0.15) is 12.8 Å². The molecule has 2 aliphatic rings. The topological polar surface area (TPSA) is 135 Å². The molecule has 3 amide bonds. The van der Waals surface area contributed by atoms with Gasteiger partial charge in [-0.25, -0.2) is 14.8 Å². The van der Waals surface area contributed by atoms with E-state index < -0.39 is 24.1 Å². The molecule has 2 aliphatic heterocycles. The number of amides is 3. The first-order valence-corrected chi connectivity index (χ1v) is 8.54. The number of carbonyl (C=O) groups excluding carboxylic acids is 2. The number of fused-ring (bicyclic) bond motifs is 1. The molecule has 0 aliphatic carbocycles. The van der Waals surface area contributed by atoms with E-state index in [2.05, 4.69) is 26.0 Å². The van der Waals surface area contributed by atoms with E-state index in [9.17, 15) is 14.4 Å². The van der Waals surface area contributed by atoms with E-state index in [1.54, 1.807) is 11.2 Å². The van der Waals surface area contributed by atoms with Crippen molar-refractivity contribution < 1.29 is 19.5 Å². The lowest BCUT2D eigenvalue weighted by molar-refractivity contribution is -0.137. The molecule has 1 aromatic rings. The lowest BCUT2D eigenvalue weighted by atomic mass is 10.1. The van der Waals surface area contributed by atoms with Crippen LogP contribution in [0.2, 0.25) is 0 Å². The number of anilines is 1. The Morgan fingerprint density at radius 1 is 1.22 bits per heavy atom. The van der Waals surface area contributed by atoms with Gasteiger partial charge in [-0.05, 0) is 18.6 Å². The number of carboxylic acids is 1. The SMILES string of the molecule is O=C(O)CCCNC(=O)NCC1=N[C@@H]2[C@@H](C=NN2c2ccccc2)C(=O)N1. The number of carboxylic acid groups (broad SMARTS) is 1. The second kappa shape index (κ2) is 8.30. The summed E-state index contributed by atoms with van der Waals surface area (Å²) in [6.07, 6.45) is 1.40. The van der Waals surface area contributed by atoms with Gasteiger partial charge in [-0.3, -0.25) is 9.59 Å². The second-order valence-electron chi connectivity index (χ2n) is 6.06. The fourth-order valence-corrected chi connectivity index (χ4v) is 2.75. The molecule has 0 spiro atoms. The number of nitrogens with zero attached hydrogens (tertiary/aromatic N) is 3. The third kappa shape index (κ3) is 4.60. The van der Waals surface area contributed by atoms with Gasteiger partial charge in [0.25, 0.3) is 0 Å². The Morgan fingerprint density at radius 3 is 2.74 bits per heavy atom. The largest absolute Gasteiger partial charge is 0.481 e. The Labute approximate surface area is 155 Å². The van der Waals surface area contributed by atoms with E-state index in [0.29, 0.717) is 12.3 Å². The van der Waals surface area contributed by atoms with Crippen LogP contribution >= 0.6 is 0 Å². The molecule has 0 aromatic heterocycles. The maximum atomic E-state index is 12.3. The van der Waals surface area contributed by atoms with Gasteiger partial charge in [0.05, 0.1) is 12.2 Å². The number of nitrogens with one attached hydrogen (secondary N) is 3. The van der Waals surface area contributed by atoms with E-state index in [1.807, 2.05) is 30.3 Å². The highest BCUT2D eigenvalue weighted by molar-refractivity contribution is 6.09. The predicted molar refractivity (Wildman–Crippen MR) is 98.5 cm³/mol. The first kappa shape index (κ1) is 18.4. The van der Waals surface area contributed by atoms with Crippen molar-refractivity contribution in [1.29, 1.82) is 0 Å². The highest BCUT2D eigenvalue weighted by atomic mass is 16.4. The lowest BCUT2D eigenvalue weighted by Crippen LogP contribution is -2.52. The van der Waals surface area contributed by atoms with Crippen molar-refractivity contribution in [2.24, 2.45) is 16.0 Å². The molecule has 10 heteroatoms. The molecule has 3 rings (SSSR count). The molecular formula is C17H20N6O4. The van der Waals surface area contributed by atoms with Gasteiger partial charge in [-0.1, -0.05) is 18.2 Å². The highest BCUT2D eigenvalue weighted by Crippen LogP contribution is 2.27. The molecule has 4 N–H and O–H groups in total. The van der Waals surface area contributed by atoms with Crippen LogP contribution in [-0.2, 0) is 9.59 Å². The van der Waals surface area contributed by atoms with Gasteiger partial charge < -0.3 is 21.1 Å². The van der Waals surface area contributed by atoms with Crippen LogP contribution in [0.4, 0.5) is 10.5 Å². The number of carbonyl (C=O) groups is 3. The third-order valence-corrected chi connectivity index (χ3v) is 4.07. The van der Waals surface area contributed by atoms with Gasteiger partial charge in [-0.15, -0.1) is 0 Å². The Balaban J connectivity index is 1.56. The molecule has 0 bridgehead atoms. The Morgan fingerprint density at radius 2 is 2.00 bits per heavy atom. The van der Waals surface area contributed by atoms with Gasteiger partial charge in [0.15, 0.2) is 6.17 Å². The molecule has 2 atom stereocenters. The first-order chi connectivity index (χ1) is 13.0. The van der Waals surface area contributed by atoms with Crippen LogP contribution in [-0.4, -0.2) is 54.3 Å². The van der Waals surface area contributed by atoms with Crippen molar-refractivity contribution in [2.45, 2.75) is 19.0 Å². The number of aliphatic imine (C=N–C) groups is 1. The standard InChI is InChI=1S/C17H20N6O4/c24-14(25)7-4-8-18-17(27)19-10-13-21-15-12(16(26)22-13)9-20-23(15)11-5-2-1-3-6-11/h1-3,5-6,9,12,15H,4,7-8,10H2,(H,24,25)(H2,18,19,27)(H,21,22,26)/t12-,15+/m1/s1. The molecule has 0 saturated carbocycles. The zero-order chi connectivity index (χ0) is 19.2. The monoisotopic (exact) mass is 372 g/mol. The Bertz CT molecular complexity index is 779. The molecule has 10 nitrogen and oxygen atoms in total. The van der Waals surface area contributed by atoms with E-state index in [0.717, 1.165) is 5.69 Å². The van der Waals surface area contributed by atoms with Crippen molar-refractivity contribution in [3.05, 3.63) is 30.3 Å². The zero-order valence-electron chi connectivity index (χ0n) is 14.5. The molecule has 0 saturated heterocycles. The molecular weight excluding hydrogens is 352 g/mol. The highest BCUT2D eigenvalue weighted by Gasteiger charge is 2.40. The Hall–Kier alpha value is -3.43. The molecule has 27 heavy (non-hydrogen) atoms. The van der Waals surface area contributed by atoms with Crippen LogP contribution < -0.4 is 21.0 Å². The molecule has 0 radical (unpaired) electrons. The van der Waals surface area contributed by atoms with E-state index in [-0.39, 0.29) is 25.4 Å². The third-order valence-electron chi connectivity index (χ3n) is 4.07. The average molecular weight is 372 g/mol. The smallest absolute Gasteiger partial charge is 0.315 e. The molecule has 1 aromatic carbocycles. The maximum Gasteiger partial charge on any atom is 0.315 e. The summed E-state index contributed by atoms with van der Waals surface area (Å²) in [6.45, 7) is 0.291. The second-order valence-corrected chi connectivity index (χ2v) is 6.06. The number of urea groups is 1. The van der Waals surface area contributed by atoms with Gasteiger partial charge in [0, 0.05) is 19.2 Å². The summed E-state index contributed by atoms with van der Waals surface area (Å²) in [5, 5.41) is 22.3. The summed E-state index contributed by atoms with van der Waals surface area (Å²) in [5.41, 5.74) is 0.822. The number of benzene rings is 1. The minimum atomic E-state index is -0.909. The normalized spacial score (nSPS) is 20.5. The fraction of sp³-hybridized carbons (Fsp3) is 0.353. The lowest BCUT2D eigenvalue weighted by Gasteiger charge is -2.28. The van der Waals surface area contributed by atoms with Gasteiger partial charge in [-0.2, -0.15) is 5.10 Å². The van der Waals surface area contributed by atoms with Crippen LogP contribution in [0.5, 0.6) is 0 Å². The Kier molecular flexibility index (Phi) is 5.64. The molecule has 0 fully saturated rings. The van der Waals surface area contributed by atoms with Crippen molar-refractivity contribution in [3.63, 3.8) is 0 Å². The number of hydrogen-bond donors (Lipinski definition) is 4. The van der Waals surface area contributed by atoms with E-state index >= 15 is 0 Å². The summed E-state index contributed by atoms with van der Waals surface area (Å²) in [6, 6.07) is 8.95. The van der Waals surface area contributed by atoms with E-state index in [4.69, 9.17) is 5.11 Å². The predicted octanol–water partition coefficient (Wildman–Crippen LogP) is 0.127. The first-order valence-electron chi connectivity index (χ1n) is 8.54. The minimum absolute atomic E-state index is 0.0125. The summed E-state index contributed by atoms with van der Waals surface area (Å²) in [5.74, 6) is -1.28. The van der Waals surface area contributed by atoms with Gasteiger partial charge in [0.2, 0.25) is 5.91 Å². The van der Waals surface area contributed by atoms with Crippen molar-refractivity contribution >= 4 is 35.6 Å². The summed E-state index contributed by atoms with van der Waals surface area (Å²) in [4.78, 5) is 39.0. The zero-order valence-corrected chi connectivity index (χ0v) is 14.5. The van der Waals surface area contributed by atoms with Crippen molar-refractivity contribution in [3.8, 4) is 0 Å². The minimum Gasteiger partial charge on any atom is -0.481 e. The number of aliphatic carboxylic acids is 1. The maximum absolute atomic E-state index is 12.3. The molecule has 142 valence electrons. The molecule has 2 heterocycles. The van der Waals surface area contributed by atoms with Gasteiger partial charge >= 0.3 is 12.0 Å². The molecule has 0 unspecified atom stereocenters. The fourth-order valence-electron chi connectivity index (χ4n) is 2.75. The van der Waals surface area contributed by atoms with Gasteiger partial charge in [0.1, 0.15) is 11.8 Å². The van der Waals surface area contributed by atoms with Crippen LogP contribution in [0.15, 0.2) is 40.4 Å². The number of para-hydroxylation sites is 1.